The molecule has 2 aromatic carbocycles. The normalized spacial score (nSPS) is 12.7. The summed E-state index contributed by atoms with van der Waals surface area (Å²) >= 11 is 2.34. The SMILES string of the molecule is CNC(c1ccc2[nH]c(=O)[nH]c2c1)c1ccccc1I. The molecule has 3 N–H and O–H groups in total. The number of hydrogen-bond donors (Lipinski definition) is 3. The molecule has 5 heteroatoms. The molecule has 0 radical (unpaired) electrons. The molecule has 0 aliphatic carbocycles. The molecular weight excluding hydrogens is 365 g/mol. The monoisotopic (exact) mass is 379 g/mol. The Morgan fingerprint density at radius 3 is 2.60 bits per heavy atom. The molecule has 1 unspecified atom stereocenters. The summed E-state index contributed by atoms with van der Waals surface area (Å²) < 4.78 is 1.21. The van der Waals surface area contributed by atoms with Gasteiger partial charge < -0.3 is 15.3 Å². The lowest BCUT2D eigenvalue weighted by Crippen LogP contribution is -2.18. The van der Waals surface area contributed by atoms with Gasteiger partial charge in [0.2, 0.25) is 0 Å². The molecule has 0 saturated heterocycles. The molecule has 102 valence electrons. The minimum atomic E-state index is -0.174. The Hall–Kier alpha value is -1.60. The van der Waals surface area contributed by atoms with Gasteiger partial charge in [-0.15, -0.1) is 0 Å². The standard InChI is InChI=1S/C15H14IN3O/c1-17-14(10-4-2-3-5-11(10)16)9-6-7-12-13(8-9)19-15(20)18-12/h2-8,14,17H,1H3,(H2,18,19,20). The van der Waals surface area contributed by atoms with Crippen molar-refractivity contribution in [3.05, 3.63) is 67.6 Å². The molecule has 0 fully saturated rings. The number of aromatic amines is 2. The van der Waals surface area contributed by atoms with Crippen molar-refractivity contribution in [1.29, 1.82) is 0 Å². The van der Waals surface area contributed by atoms with Gasteiger partial charge in [-0.3, -0.25) is 0 Å². The molecule has 0 aliphatic rings. The lowest BCUT2D eigenvalue weighted by Gasteiger charge is -2.18. The molecule has 0 bridgehead atoms. The zero-order chi connectivity index (χ0) is 14.1. The molecule has 0 aliphatic heterocycles. The minimum absolute atomic E-state index is 0.103. The second-order valence-electron chi connectivity index (χ2n) is 4.63. The third kappa shape index (κ3) is 2.38. The number of hydrogen-bond acceptors (Lipinski definition) is 2. The number of imidazole rings is 1. The zero-order valence-corrected chi connectivity index (χ0v) is 13.1. The highest BCUT2D eigenvalue weighted by atomic mass is 127. The van der Waals surface area contributed by atoms with E-state index in [0.717, 1.165) is 16.6 Å². The van der Waals surface area contributed by atoms with E-state index in [1.165, 1.54) is 9.13 Å². The van der Waals surface area contributed by atoms with E-state index in [1.807, 2.05) is 37.4 Å². The number of rotatable bonds is 3. The van der Waals surface area contributed by atoms with E-state index in [2.05, 4.69) is 50.0 Å². The van der Waals surface area contributed by atoms with E-state index in [9.17, 15) is 4.79 Å². The highest BCUT2D eigenvalue weighted by Gasteiger charge is 2.15. The van der Waals surface area contributed by atoms with Crippen LogP contribution in [-0.2, 0) is 0 Å². The molecule has 0 saturated carbocycles. The van der Waals surface area contributed by atoms with E-state index in [4.69, 9.17) is 0 Å². The topological polar surface area (TPSA) is 60.7 Å². The Kier molecular flexibility index (Phi) is 3.62. The average molecular weight is 379 g/mol. The van der Waals surface area contributed by atoms with Crippen molar-refractivity contribution in [3.8, 4) is 0 Å². The summed E-state index contributed by atoms with van der Waals surface area (Å²) in [5.41, 5.74) is 3.84. The summed E-state index contributed by atoms with van der Waals surface area (Å²) in [4.78, 5) is 16.9. The van der Waals surface area contributed by atoms with Gasteiger partial charge in [-0.1, -0.05) is 24.3 Å². The largest absolute Gasteiger partial charge is 0.323 e. The maximum Gasteiger partial charge on any atom is 0.323 e. The second-order valence-corrected chi connectivity index (χ2v) is 5.79. The first-order chi connectivity index (χ1) is 9.69. The van der Waals surface area contributed by atoms with Crippen LogP contribution in [0, 0.1) is 3.57 Å². The van der Waals surface area contributed by atoms with Crippen molar-refractivity contribution in [2.45, 2.75) is 6.04 Å². The number of halogens is 1. The van der Waals surface area contributed by atoms with Crippen LogP contribution in [0.1, 0.15) is 17.2 Å². The lowest BCUT2D eigenvalue weighted by molar-refractivity contribution is 0.689. The maximum atomic E-state index is 11.3. The molecule has 1 atom stereocenters. The number of H-pyrrole nitrogens is 2. The summed E-state index contributed by atoms with van der Waals surface area (Å²) in [5.74, 6) is 0. The van der Waals surface area contributed by atoms with Crippen LogP contribution in [0.5, 0.6) is 0 Å². The van der Waals surface area contributed by atoms with Crippen LogP contribution in [0.2, 0.25) is 0 Å². The van der Waals surface area contributed by atoms with Crippen LogP contribution in [0.3, 0.4) is 0 Å². The molecule has 4 nitrogen and oxygen atoms in total. The predicted octanol–water partition coefficient (Wildman–Crippen LogP) is 2.77. The quantitative estimate of drug-likeness (QED) is 0.613. The maximum absolute atomic E-state index is 11.3. The number of aromatic nitrogens is 2. The van der Waals surface area contributed by atoms with Gasteiger partial charge >= 0.3 is 5.69 Å². The van der Waals surface area contributed by atoms with Gasteiger partial charge in [0.05, 0.1) is 17.1 Å². The number of fused-ring (bicyclic) bond motifs is 1. The highest BCUT2D eigenvalue weighted by Crippen LogP contribution is 2.27. The van der Waals surface area contributed by atoms with Crippen LogP contribution in [0.25, 0.3) is 11.0 Å². The van der Waals surface area contributed by atoms with Crippen LogP contribution >= 0.6 is 22.6 Å². The highest BCUT2D eigenvalue weighted by molar-refractivity contribution is 14.1. The van der Waals surface area contributed by atoms with Crippen molar-refractivity contribution >= 4 is 33.6 Å². The van der Waals surface area contributed by atoms with E-state index in [1.54, 1.807) is 0 Å². The van der Waals surface area contributed by atoms with Crippen LogP contribution in [0.4, 0.5) is 0 Å². The Morgan fingerprint density at radius 2 is 1.85 bits per heavy atom. The lowest BCUT2D eigenvalue weighted by atomic mass is 9.98. The second kappa shape index (κ2) is 5.41. The average Bonchev–Trinajstić information content (AvgIpc) is 2.81. The van der Waals surface area contributed by atoms with Crippen LogP contribution in [0.15, 0.2) is 47.3 Å². The number of nitrogens with one attached hydrogen (secondary N) is 3. The molecule has 1 heterocycles. The van der Waals surface area contributed by atoms with Crippen LogP contribution in [-0.4, -0.2) is 17.0 Å². The summed E-state index contributed by atoms with van der Waals surface area (Å²) in [6.07, 6.45) is 0. The Balaban J connectivity index is 2.11. The smallest absolute Gasteiger partial charge is 0.309 e. The molecule has 0 spiro atoms. The van der Waals surface area contributed by atoms with E-state index in [-0.39, 0.29) is 11.7 Å². The minimum Gasteiger partial charge on any atom is -0.309 e. The Morgan fingerprint density at radius 1 is 1.10 bits per heavy atom. The van der Waals surface area contributed by atoms with Crippen molar-refractivity contribution < 1.29 is 0 Å². The summed E-state index contributed by atoms with van der Waals surface area (Å²) in [5, 5.41) is 3.34. The molecule has 3 aromatic rings. The third-order valence-electron chi connectivity index (χ3n) is 3.38. The molecule has 20 heavy (non-hydrogen) atoms. The van der Waals surface area contributed by atoms with Gasteiger partial charge in [0.15, 0.2) is 0 Å². The fourth-order valence-electron chi connectivity index (χ4n) is 2.44. The zero-order valence-electron chi connectivity index (χ0n) is 10.9. The van der Waals surface area contributed by atoms with Gasteiger partial charge in [0.25, 0.3) is 0 Å². The summed E-state index contributed by atoms with van der Waals surface area (Å²) in [6, 6.07) is 14.4. The van der Waals surface area contributed by atoms with E-state index in [0.29, 0.717) is 0 Å². The van der Waals surface area contributed by atoms with Gasteiger partial charge in [-0.05, 0) is 59.0 Å². The fourth-order valence-corrected chi connectivity index (χ4v) is 3.14. The first-order valence-corrected chi connectivity index (χ1v) is 7.40. The fraction of sp³-hybridized carbons (Fsp3) is 0.133. The van der Waals surface area contributed by atoms with E-state index >= 15 is 0 Å². The van der Waals surface area contributed by atoms with Gasteiger partial charge in [-0.2, -0.15) is 0 Å². The van der Waals surface area contributed by atoms with E-state index < -0.39 is 0 Å². The first-order valence-electron chi connectivity index (χ1n) is 6.32. The molecule has 1 aromatic heterocycles. The third-order valence-corrected chi connectivity index (χ3v) is 4.36. The first kappa shape index (κ1) is 13.4. The Bertz CT molecular complexity index is 806. The van der Waals surface area contributed by atoms with Crippen molar-refractivity contribution in [3.63, 3.8) is 0 Å². The summed E-state index contributed by atoms with van der Waals surface area (Å²) in [7, 11) is 1.94. The van der Waals surface area contributed by atoms with Gasteiger partial charge in [0.1, 0.15) is 0 Å². The molecule has 0 amide bonds. The molecule has 3 rings (SSSR count). The van der Waals surface area contributed by atoms with Gasteiger partial charge in [0, 0.05) is 3.57 Å². The van der Waals surface area contributed by atoms with Gasteiger partial charge in [-0.25, -0.2) is 4.79 Å². The summed E-state index contributed by atoms with van der Waals surface area (Å²) in [6.45, 7) is 0. The number of benzene rings is 2. The predicted molar refractivity (Wildman–Crippen MR) is 89.0 cm³/mol. The van der Waals surface area contributed by atoms with Crippen molar-refractivity contribution in [1.82, 2.24) is 15.3 Å². The van der Waals surface area contributed by atoms with Crippen molar-refractivity contribution in [2.24, 2.45) is 0 Å². The molecular formula is C15H14IN3O. The van der Waals surface area contributed by atoms with Crippen LogP contribution < -0.4 is 11.0 Å². The van der Waals surface area contributed by atoms with Crippen molar-refractivity contribution in [2.75, 3.05) is 7.05 Å². The Labute approximate surface area is 129 Å².